The van der Waals surface area contributed by atoms with E-state index in [1.54, 1.807) is 19.2 Å². The van der Waals surface area contributed by atoms with Crippen LogP contribution in [0.15, 0.2) is 24.3 Å². The number of ketones is 1. The Bertz CT molecular complexity index is 349. The number of ether oxygens (including phenoxy) is 3. The Hall–Kier alpha value is -1.39. The molecule has 0 aliphatic rings. The SMILES string of the molecule is CCOCC(=O)c1ccccc1OCCOC. The summed E-state index contributed by atoms with van der Waals surface area (Å²) in [6.07, 6.45) is 0. The van der Waals surface area contributed by atoms with Crippen LogP contribution in [0.1, 0.15) is 17.3 Å². The minimum atomic E-state index is -0.0696. The van der Waals surface area contributed by atoms with Gasteiger partial charge < -0.3 is 14.2 Å². The molecule has 17 heavy (non-hydrogen) atoms. The maximum absolute atomic E-state index is 11.8. The molecular formula is C13H18O4. The minimum Gasteiger partial charge on any atom is -0.490 e. The molecule has 4 heteroatoms. The molecule has 0 spiro atoms. The lowest BCUT2D eigenvalue weighted by Gasteiger charge is -2.10. The molecule has 0 aliphatic carbocycles. The molecule has 0 radical (unpaired) electrons. The highest BCUT2D eigenvalue weighted by atomic mass is 16.5. The summed E-state index contributed by atoms with van der Waals surface area (Å²) in [4.78, 5) is 11.8. The van der Waals surface area contributed by atoms with Crippen LogP contribution in [0.3, 0.4) is 0 Å². The first kappa shape index (κ1) is 13.7. The Morgan fingerprint density at radius 3 is 2.71 bits per heavy atom. The highest BCUT2D eigenvalue weighted by Gasteiger charge is 2.11. The van der Waals surface area contributed by atoms with Crippen molar-refractivity contribution in [3.63, 3.8) is 0 Å². The van der Waals surface area contributed by atoms with Crippen molar-refractivity contribution >= 4 is 5.78 Å². The van der Waals surface area contributed by atoms with Crippen LogP contribution in [0.25, 0.3) is 0 Å². The van der Waals surface area contributed by atoms with Crippen molar-refractivity contribution in [3.8, 4) is 5.75 Å². The third kappa shape index (κ3) is 4.54. The van der Waals surface area contributed by atoms with Gasteiger partial charge in [0.2, 0.25) is 0 Å². The normalized spacial score (nSPS) is 10.2. The number of para-hydroxylation sites is 1. The molecule has 0 saturated carbocycles. The number of benzene rings is 1. The van der Waals surface area contributed by atoms with Crippen molar-refractivity contribution in [2.45, 2.75) is 6.92 Å². The van der Waals surface area contributed by atoms with E-state index in [9.17, 15) is 4.79 Å². The van der Waals surface area contributed by atoms with Crippen LogP contribution in [0.4, 0.5) is 0 Å². The standard InChI is InChI=1S/C13H18O4/c1-3-16-10-12(14)11-6-4-5-7-13(11)17-9-8-15-2/h4-7H,3,8-10H2,1-2H3. The summed E-state index contributed by atoms with van der Waals surface area (Å²) < 4.78 is 15.5. The van der Waals surface area contributed by atoms with Gasteiger partial charge in [0.1, 0.15) is 19.0 Å². The quantitative estimate of drug-likeness (QED) is 0.513. The number of carbonyl (C=O) groups is 1. The predicted molar refractivity (Wildman–Crippen MR) is 64.6 cm³/mol. The second-order valence-corrected chi connectivity index (χ2v) is 3.40. The van der Waals surface area contributed by atoms with Gasteiger partial charge in [-0.1, -0.05) is 12.1 Å². The third-order valence-corrected chi connectivity index (χ3v) is 2.17. The van der Waals surface area contributed by atoms with Crippen molar-refractivity contribution in [1.29, 1.82) is 0 Å². The van der Waals surface area contributed by atoms with Crippen molar-refractivity contribution in [2.75, 3.05) is 33.5 Å². The Labute approximate surface area is 101 Å². The van der Waals surface area contributed by atoms with Crippen LogP contribution in [0.2, 0.25) is 0 Å². The van der Waals surface area contributed by atoms with Crippen molar-refractivity contribution in [1.82, 2.24) is 0 Å². The van der Waals surface area contributed by atoms with E-state index in [1.807, 2.05) is 19.1 Å². The largest absolute Gasteiger partial charge is 0.490 e. The summed E-state index contributed by atoms with van der Waals surface area (Å²) >= 11 is 0. The van der Waals surface area contributed by atoms with Gasteiger partial charge in [-0.15, -0.1) is 0 Å². The lowest BCUT2D eigenvalue weighted by atomic mass is 10.1. The van der Waals surface area contributed by atoms with Crippen molar-refractivity contribution in [3.05, 3.63) is 29.8 Å². The minimum absolute atomic E-state index is 0.0696. The zero-order valence-electron chi connectivity index (χ0n) is 10.3. The van der Waals surface area contributed by atoms with Gasteiger partial charge in [-0.3, -0.25) is 4.79 Å². The van der Waals surface area contributed by atoms with Gasteiger partial charge in [0.05, 0.1) is 12.2 Å². The zero-order chi connectivity index (χ0) is 12.5. The van der Waals surface area contributed by atoms with E-state index >= 15 is 0 Å². The van der Waals surface area contributed by atoms with Gasteiger partial charge >= 0.3 is 0 Å². The van der Waals surface area contributed by atoms with Crippen LogP contribution in [-0.2, 0) is 9.47 Å². The monoisotopic (exact) mass is 238 g/mol. The second kappa shape index (κ2) is 7.81. The highest BCUT2D eigenvalue weighted by Crippen LogP contribution is 2.18. The number of carbonyl (C=O) groups excluding carboxylic acids is 1. The molecule has 4 nitrogen and oxygen atoms in total. The molecule has 1 aromatic rings. The topological polar surface area (TPSA) is 44.8 Å². The lowest BCUT2D eigenvalue weighted by Crippen LogP contribution is -2.12. The maximum atomic E-state index is 11.8. The van der Waals surface area contributed by atoms with Crippen LogP contribution < -0.4 is 4.74 Å². The van der Waals surface area contributed by atoms with Crippen molar-refractivity contribution in [2.24, 2.45) is 0 Å². The number of rotatable bonds is 8. The van der Waals surface area contributed by atoms with Gasteiger partial charge in [0, 0.05) is 13.7 Å². The average Bonchev–Trinajstić information content (AvgIpc) is 2.37. The fraction of sp³-hybridized carbons (Fsp3) is 0.462. The average molecular weight is 238 g/mol. The predicted octanol–water partition coefficient (Wildman–Crippen LogP) is 1.93. The van der Waals surface area contributed by atoms with Gasteiger partial charge in [0.15, 0.2) is 5.78 Å². The van der Waals surface area contributed by atoms with Crippen LogP contribution in [0.5, 0.6) is 5.75 Å². The molecule has 0 bridgehead atoms. The Morgan fingerprint density at radius 1 is 1.24 bits per heavy atom. The van der Waals surface area contributed by atoms with Gasteiger partial charge in [0.25, 0.3) is 0 Å². The Balaban J connectivity index is 2.66. The number of hydrogen-bond acceptors (Lipinski definition) is 4. The molecule has 1 rings (SSSR count). The molecule has 0 fully saturated rings. The Kier molecular flexibility index (Phi) is 6.29. The van der Waals surface area contributed by atoms with Gasteiger partial charge in [-0.25, -0.2) is 0 Å². The summed E-state index contributed by atoms with van der Waals surface area (Å²) in [5.74, 6) is 0.508. The van der Waals surface area contributed by atoms with E-state index in [-0.39, 0.29) is 12.4 Å². The summed E-state index contributed by atoms with van der Waals surface area (Å²) in [5, 5.41) is 0. The molecule has 0 atom stereocenters. The first-order valence-electron chi connectivity index (χ1n) is 5.61. The molecule has 1 aromatic carbocycles. The summed E-state index contributed by atoms with van der Waals surface area (Å²) in [5.41, 5.74) is 0.553. The van der Waals surface area contributed by atoms with Gasteiger partial charge in [-0.05, 0) is 19.1 Å². The molecule has 0 N–H and O–H groups in total. The number of hydrogen-bond donors (Lipinski definition) is 0. The second-order valence-electron chi connectivity index (χ2n) is 3.40. The summed E-state index contributed by atoms with van der Waals surface area (Å²) in [6.45, 7) is 3.39. The number of Topliss-reactive ketones (excluding diaryl/α,β-unsaturated/α-hetero) is 1. The van der Waals surface area contributed by atoms with Gasteiger partial charge in [-0.2, -0.15) is 0 Å². The molecule has 0 amide bonds. The molecule has 0 heterocycles. The first-order valence-corrected chi connectivity index (χ1v) is 5.61. The van der Waals surface area contributed by atoms with Crippen LogP contribution >= 0.6 is 0 Å². The molecule has 94 valence electrons. The number of methoxy groups -OCH3 is 1. The van der Waals surface area contributed by atoms with Crippen molar-refractivity contribution < 1.29 is 19.0 Å². The fourth-order valence-electron chi connectivity index (χ4n) is 1.33. The fourth-order valence-corrected chi connectivity index (χ4v) is 1.33. The van der Waals surface area contributed by atoms with E-state index in [0.717, 1.165) is 0 Å². The smallest absolute Gasteiger partial charge is 0.192 e. The van der Waals surface area contributed by atoms with E-state index in [0.29, 0.717) is 31.1 Å². The summed E-state index contributed by atoms with van der Waals surface area (Å²) in [7, 11) is 1.61. The van der Waals surface area contributed by atoms with E-state index in [2.05, 4.69) is 0 Å². The third-order valence-electron chi connectivity index (χ3n) is 2.17. The first-order chi connectivity index (χ1) is 8.29. The molecule has 0 aromatic heterocycles. The summed E-state index contributed by atoms with van der Waals surface area (Å²) in [6, 6.07) is 7.15. The lowest BCUT2D eigenvalue weighted by molar-refractivity contribution is 0.0777. The maximum Gasteiger partial charge on any atom is 0.192 e. The molecule has 0 unspecified atom stereocenters. The van der Waals surface area contributed by atoms with E-state index in [4.69, 9.17) is 14.2 Å². The van der Waals surface area contributed by atoms with Crippen LogP contribution in [-0.4, -0.2) is 39.3 Å². The molecule has 0 aliphatic heterocycles. The highest BCUT2D eigenvalue weighted by molar-refractivity contribution is 5.99. The molecular weight excluding hydrogens is 220 g/mol. The Morgan fingerprint density at radius 2 is 2.00 bits per heavy atom. The van der Waals surface area contributed by atoms with E-state index < -0.39 is 0 Å². The zero-order valence-corrected chi connectivity index (χ0v) is 10.3. The van der Waals surface area contributed by atoms with Crippen LogP contribution in [0, 0.1) is 0 Å². The van der Waals surface area contributed by atoms with E-state index in [1.165, 1.54) is 0 Å². The molecule has 0 saturated heterocycles.